The number of nitrogens with zero attached hydrogens (tertiary/aromatic N) is 2. The first kappa shape index (κ1) is 14.8. The number of hydrogen-bond donors (Lipinski definition) is 2. The third-order valence-corrected chi connectivity index (χ3v) is 3.22. The average Bonchev–Trinajstić information content (AvgIpc) is 2.75. The van der Waals surface area contributed by atoms with Crippen molar-refractivity contribution in [3.8, 4) is 0 Å². The normalized spacial score (nSPS) is 9.83. The molecule has 6 heteroatoms. The molecule has 0 spiro atoms. The maximum Gasteiger partial charge on any atom is 0.180 e. The van der Waals surface area contributed by atoms with Crippen LogP contribution in [0.2, 0.25) is 0 Å². The van der Waals surface area contributed by atoms with Gasteiger partial charge in [0.25, 0.3) is 0 Å². The van der Waals surface area contributed by atoms with Crippen LogP contribution >= 0.6 is 23.7 Å². The number of rotatable bonds is 5. The third-order valence-electron chi connectivity index (χ3n) is 2.41. The number of benzene rings is 1. The zero-order valence-electron chi connectivity index (χ0n) is 9.82. The van der Waals surface area contributed by atoms with Crippen LogP contribution in [0.3, 0.4) is 0 Å². The predicted octanol–water partition coefficient (Wildman–Crippen LogP) is 2.15. The smallest absolute Gasteiger partial charge is 0.180 e. The third kappa shape index (κ3) is 3.87. The first-order chi connectivity index (χ1) is 8.29. The first-order valence-corrected chi connectivity index (χ1v) is 6.22. The molecule has 3 N–H and O–H groups in total. The van der Waals surface area contributed by atoms with Gasteiger partial charge in [0.15, 0.2) is 5.13 Å². The van der Waals surface area contributed by atoms with Crippen LogP contribution in [0.25, 0.3) is 0 Å². The van der Waals surface area contributed by atoms with Gasteiger partial charge in [-0.15, -0.1) is 23.7 Å². The van der Waals surface area contributed by atoms with E-state index in [9.17, 15) is 0 Å². The molecule has 0 saturated carbocycles. The number of aliphatic hydroxyl groups is 1. The van der Waals surface area contributed by atoms with Gasteiger partial charge in [0.1, 0.15) is 0 Å². The summed E-state index contributed by atoms with van der Waals surface area (Å²) < 4.78 is 0. The van der Waals surface area contributed by atoms with Crippen molar-refractivity contribution in [2.45, 2.75) is 6.54 Å². The number of aromatic nitrogens is 1. The molecule has 1 aromatic carbocycles. The molecule has 2 rings (SSSR count). The van der Waals surface area contributed by atoms with Gasteiger partial charge < -0.3 is 15.7 Å². The van der Waals surface area contributed by atoms with E-state index in [0.29, 0.717) is 11.7 Å². The molecule has 0 aliphatic heterocycles. The van der Waals surface area contributed by atoms with Gasteiger partial charge in [0.2, 0.25) is 0 Å². The van der Waals surface area contributed by atoms with E-state index in [0.717, 1.165) is 17.1 Å². The van der Waals surface area contributed by atoms with Gasteiger partial charge in [0, 0.05) is 23.3 Å². The van der Waals surface area contributed by atoms with Gasteiger partial charge in [-0.2, -0.15) is 0 Å². The van der Waals surface area contributed by atoms with E-state index in [2.05, 4.69) is 9.88 Å². The molecule has 0 aliphatic rings. The van der Waals surface area contributed by atoms with Gasteiger partial charge in [-0.3, -0.25) is 0 Å². The monoisotopic (exact) mass is 285 g/mol. The highest BCUT2D eigenvalue weighted by molar-refractivity contribution is 7.15. The van der Waals surface area contributed by atoms with Crippen molar-refractivity contribution in [2.24, 2.45) is 0 Å². The molecule has 0 radical (unpaired) electrons. The highest BCUT2D eigenvalue weighted by atomic mass is 35.5. The Labute approximate surface area is 116 Å². The number of para-hydroxylation sites is 1. The zero-order chi connectivity index (χ0) is 12.1. The standard InChI is InChI=1S/C12H15N3OS.ClH/c13-12-14-8-11(17-12)9-15(6-7-16)10-4-2-1-3-5-10;/h1-5,8,16H,6-7,9H2,(H2,13,14);1H. The molecule has 1 heterocycles. The summed E-state index contributed by atoms with van der Waals surface area (Å²) in [5.41, 5.74) is 6.70. The SMILES string of the molecule is Cl.Nc1ncc(CN(CCO)c2ccccc2)s1. The van der Waals surface area contributed by atoms with E-state index < -0.39 is 0 Å². The van der Waals surface area contributed by atoms with Crippen LogP contribution in [0, 0.1) is 0 Å². The minimum atomic E-state index is 0. The molecule has 0 amide bonds. The van der Waals surface area contributed by atoms with Crippen molar-refractivity contribution in [1.29, 1.82) is 0 Å². The molecule has 98 valence electrons. The molecule has 0 unspecified atom stereocenters. The number of nitrogens with two attached hydrogens (primary N) is 1. The van der Waals surface area contributed by atoms with E-state index in [1.807, 2.05) is 30.3 Å². The largest absolute Gasteiger partial charge is 0.395 e. The highest BCUT2D eigenvalue weighted by Gasteiger charge is 2.08. The summed E-state index contributed by atoms with van der Waals surface area (Å²) >= 11 is 1.48. The van der Waals surface area contributed by atoms with E-state index in [1.165, 1.54) is 11.3 Å². The Morgan fingerprint density at radius 1 is 1.28 bits per heavy atom. The molecule has 2 aromatic rings. The fraction of sp³-hybridized carbons (Fsp3) is 0.250. The molecule has 0 atom stereocenters. The van der Waals surface area contributed by atoms with Crippen molar-refractivity contribution in [3.63, 3.8) is 0 Å². The van der Waals surface area contributed by atoms with Crippen molar-refractivity contribution >= 4 is 34.6 Å². The lowest BCUT2D eigenvalue weighted by atomic mass is 10.3. The van der Waals surface area contributed by atoms with Crippen molar-refractivity contribution in [3.05, 3.63) is 41.4 Å². The van der Waals surface area contributed by atoms with Crippen molar-refractivity contribution < 1.29 is 5.11 Å². The zero-order valence-corrected chi connectivity index (χ0v) is 11.5. The molecule has 0 fully saturated rings. The first-order valence-electron chi connectivity index (χ1n) is 5.40. The summed E-state index contributed by atoms with van der Waals surface area (Å²) in [6.45, 7) is 1.45. The van der Waals surface area contributed by atoms with Crippen LogP contribution in [0.15, 0.2) is 36.5 Å². The van der Waals surface area contributed by atoms with E-state index in [-0.39, 0.29) is 19.0 Å². The van der Waals surface area contributed by atoms with Gasteiger partial charge in [-0.05, 0) is 12.1 Å². The van der Waals surface area contributed by atoms with Gasteiger partial charge in [-0.1, -0.05) is 18.2 Å². The van der Waals surface area contributed by atoms with Gasteiger partial charge in [-0.25, -0.2) is 4.98 Å². The number of aliphatic hydroxyl groups excluding tert-OH is 1. The maximum absolute atomic E-state index is 9.10. The maximum atomic E-state index is 9.10. The Morgan fingerprint density at radius 3 is 2.56 bits per heavy atom. The summed E-state index contributed by atoms with van der Waals surface area (Å²) in [7, 11) is 0. The Morgan fingerprint density at radius 2 is 2.00 bits per heavy atom. The van der Waals surface area contributed by atoms with E-state index >= 15 is 0 Å². The second kappa shape index (κ2) is 7.20. The van der Waals surface area contributed by atoms with Crippen molar-refractivity contribution in [1.82, 2.24) is 4.98 Å². The number of anilines is 2. The fourth-order valence-corrected chi connectivity index (χ4v) is 2.34. The summed E-state index contributed by atoms with van der Waals surface area (Å²) in [5.74, 6) is 0. The molecule has 0 aliphatic carbocycles. The Kier molecular flexibility index (Phi) is 5.91. The fourth-order valence-electron chi connectivity index (χ4n) is 1.64. The molecule has 1 aromatic heterocycles. The topological polar surface area (TPSA) is 62.4 Å². The van der Waals surface area contributed by atoms with Gasteiger partial charge >= 0.3 is 0 Å². The number of halogens is 1. The lowest BCUT2D eigenvalue weighted by molar-refractivity contribution is 0.301. The molecule has 0 bridgehead atoms. The summed E-state index contributed by atoms with van der Waals surface area (Å²) in [5, 5.41) is 9.68. The summed E-state index contributed by atoms with van der Waals surface area (Å²) in [4.78, 5) is 7.23. The van der Waals surface area contributed by atoms with Crippen LogP contribution < -0.4 is 10.6 Å². The van der Waals surface area contributed by atoms with Crippen LogP contribution in [-0.2, 0) is 6.54 Å². The van der Waals surface area contributed by atoms with Gasteiger partial charge in [0.05, 0.1) is 13.2 Å². The summed E-state index contributed by atoms with van der Waals surface area (Å²) in [6.07, 6.45) is 1.79. The Bertz CT molecular complexity index is 463. The molecular formula is C12H16ClN3OS. The molecule has 18 heavy (non-hydrogen) atoms. The van der Waals surface area contributed by atoms with Crippen molar-refractivity contribution in [2.75, 3.05) is 23.8 Å². The number of hydrogen-bond acceptors (Lipinski definition) is 5. The average molecular weight is 286 g/mol. The quantitative estimate of drug-likeness (QED) is 0.884. The summed E-state index contributed by atoms with van der Waals surface area (Å²) in [6, 6.07) is 10.0. The number of thiazole rings is 1. The minimum absolute atomic E-state index is 0. The van der Waals surface area contributed by atoms with Crippen LogP contribution in [-0.4, -0.2) is 23.2 Å². The molecular weight excluding hydrogens is 270 g/mol. The molecule has 0 saturated heterocycles. The minimum Gasteiger partial charge on any atom is -0.395 e. The Balaban J connectivity index is 0.00000162. The highest BCUT2D eigenvalue weighted by Crippen LogP contribution is 2.20. The Hall–Kier alpha value is -1.30. The van der Waals surface area contributed by atoms with E-state index in [4.69, 9.17) is 10.8 Å². The van der Waals surface area contributed by atoms with E-state index in [1.54, 1.807) is 6.20 Å². The lowest BCUT2D eigenvalue weighted by Gasteiger charge is -2.22. The lowest BCUT2D eigenvalue weighted by Crippen LogP contribution is -2.25. The second-order valence-corrected chi connectivity index (χ2v) is 4.79. The van der Waals surface area contributed by atoms with Crippen LogP contribution in [0.4, 0.5) is 10.8 Å². The van der Waals surface area contributed by atoms with Crippen LogP contribution in [0.5, 0.6) is 0 Å². The van der Waals surface area contributed by atoms with Crippen LogP contribution in [0.1, 0.15) is 4.88 Å². The predicted molar refractivity (Wildman–Crippen MR) is 78.4 cm³/mol. The number of nitrogen functional groups attached to an aromatic ring is 1. The second-order valence-electron chi connectivity index (χ2n) is 3.65. The molecule has 4 nitrogen and oxygen atoms in total.